The summed E-state index contributed by atoms with van der Waals surface area (Å²) in [6.45, 7) is 4.05. The second-order valence-electron chi connectivity index (χ2n) is 5.14. The van der Waals surface area contributed by atoms with Crippen LogP contribution >= 0.6 is 0 Å². The van der Waals surface area contributed by atoms with Crippen LogP contribution in [0.3, 0.4) is 0 Å². The Bertz CT molecular complexity index is 540. The minimum atomic E-state index is -1.06. The van der Waals surface area contributed by atoms with Crippen LogP contribution in [-0.2, 0) is 5.60 Å². The predicted octanol–water partition coefficient (Wildman–Crippen LogP) is 2.78. The topological polar surface area (TPSA) is 45.1 Å². The van der Waals surface area contributed by atoms with Crippen molar-refractivity contribution in [2.75, 3.05) is 6.54 Å². The molecule has 0 fully saturated rings. The first-order chi connectivity index (χ1) is 9.49. The molecule has 1 heterocycles. The zero-order chi connectivity index (χ0) is 14.6. The quantitative estimate of drug-likeness (QED) is 0.881. The van der Waals surface area contributed by atoms with Crippen LogP contribution in [0.5, 0.6) is 0 Å². The highest BCUT2D eigenvalue weighted by atomic mass is 19.1. The van der Waals surface area contributed by atoms with E-state index in [2.05, 4.69) is 10.3 Å². The van der Waals surface area contributed by atoms with Gasteiger partial charge in [0.25, 0.3) is 0 Å². The van der Waals surface area contributed by atoms with E-state index in [4.69, 9.17) is 0 Å². The summed E-state index contributed by atoms with van der Waals surface area (Å²) >= 11 is 0. The monoisotopic (exact) mass is 274 g/mol. The number of nitrogens with zero attached hydrogens (tertiary/aromatic N) is 1. The number of rotatable bonds is 5. The normalized spacial score (nSPS) is 15.6. The van der Waals surface area contributed by atoms with Gasteiger partial charge in [0, 0.05) is 18.8 Å². The molecule has 0 amide bonds. The maximum Gasteiger partial charge on any atom is 0.123 e. The summed E-state index contributed by atoms with van der Waals surface area (Å²) in [5.74, 6) is -0.306. The van der Waals surface area contributed by atoms with Crippen molar-refractivity contribution in [1.82, 2.24) is 10.3 Å². The second kappa shape index (κ2) is 6.11. The number of aliphatic hydroxyl groups is 1. The number of halogens is 1. The Balaban J connectivity index is 2.00. The Morgan fingerprint density at radius 2 is 1.95 bits per heavy atom. The molecule has 0 spiro atoms. The third kappa shape index (κ3) is 3.62. The first kappa shape index (κ1) is 14.6. The number of hydrogen-bond donors (Lipinski definition) is 2. The van der Waals surface area contributed by atoms with Crippen molar-refractivity contribution in [3.8, 4) is 0 Å². The highest BCUT2D eigenvalue weighted by Crippen LogP contribution is 2.21. The van der Waals surface area contributed by atoms with Gasteiger partial charge < -0.3 is 10.4 Å². The maximum absolute atomic E-state index is 12.9. The maximum atomic E-state index is 12.9. The number of nitrogens with one attached hydrogen (secondary N) is 1. The van der Waals surface area contributed by atoms with Crippen molar-refractivity contribution in [2.24, 2.45) is 0 Å². The average molecular weight is 274 g/mol. The van der Waals surface area contributed by atoms with E-state index in [9.17, 15) is 9.50 Å². The summed E-state index contributed by atoms with van der Waals surface area (Å²) in [5.41, 5.74) is 0.540. The molecule has 0 saturated heterocycles. The lowest BCUT2D eigenvalue weighted by Gasteiger charge is -2.26. The van der Waals surface area contributed by atoms with E-state index in [0.29, 0.717) is 12.1 Å². The largest absolute Gasteiger partial charge is 0.384 e. The Kier molecular flexibility index (Phi) is 4.47. The molecule has 1 aromatic carbocycles. The summed E-state index contributed by atoms with van der Waals surface area (Å²) < 4.78 is 12.9. The SMILES string of the molecule is CC(NCC(C)(O)c1ccc(F)cc1)c1ccccn1. The average Bonchev–Trinajstić information content (AvgIpc) is 2.46. The molecular weight excluding hydrogens is 255 g/mol. The van der Waals surface area contributed by atoms with E-state index in [-0.39, 0.29) is 11.9 Å². The van der Waals surface area contributed by atoms with Crippen molar-refractivity contribution in [2.45, 2.75) is 25.5 Å². The van der Waals surface area contributed by atoms with Crippen molar-refractivity contribution < 1.29 is 9.50 Å². The number of benzene rings is 1. The van der Waals surface area contributed by atoms with Gasteiger partial charge in [-0.1, -0.05) is 18.2 Å². The lowest BCUT2D eigenvalue weighted by Crippen LogP contribution is -2.36. The molecule has 2 rings (SSSR count). The fourth-order valence-electron chi connectivity index (χ4n) is 2.00. The number of aromatic nitrogens is 1. The molecule has 1 aromatic heterocycles. The standard InChI is InChI=1S/C16H19FN2O/c1-12(15-5-3-4-10-18-15)19-11-16(2,20)13-6-8-14(17)9-7-13/h3-10,12,19-20H,11H2,1-2H3. The molecule has 2 atom stereocenters. The van der Waals surface area contributed by atoms with E-state index in [0.717, 1.165) is 5.69 Å². The van der Waals surface area contributed by atoms with Gasteiger partial charge in [-0.05, 0) is 43.7 Å². The van der Waals surface area contributed by atoms with Gasteiger partial charge in [0.2, 0.25) is 0 Å². The van der Waals surface area contributed by atoms with Gasteiger partial charge >= 0.3 is 0 Å². The Hall–Kier alpha value is -1.78. The molecule has 0 aliphatic heterocycles. The van der Waals surface area contributed by atoms with Gasteiger partial charge in [0.1, 0.15) is 5.82 Å². The summed E-state index contributed by atoms with van der Waals surface area (Å²) in [6.07, 6.45) is 1.74. The summed E-state index contributed by atoms with van der Waals surface area (Å²) in [6, 6.07) is 11.7. The number of hydrogen-bond acceptors (Lipinski definition) is 3. The van der Waals surface area contributed by atoms with Crippen LogP contribution < -0.4 is 5.32 Å². The van der Waals surface area contributed by atoms with Crippen LogP contribution in [0.15, 0.2) is 48.7 Å². The molecule has 2 N–H and O–H groups in total. The summed E-state index contributed by atoms with van der Waals surface area (Å²) in [7, 11) is 0. The Morgan fingerprint density at radius 3 is 2.55 bits per heavy atom. The molecule has 20 heavy (non-hydrogen) atoms. The zero-order valence-electron chi connectivity index (χ0n) is 11.7. The first-order valence-corrected chi connectivity index (χ1v) is 6.62. The van der Waals surface area contributed by atoms with E-state index < -0.39 is 5.60 Å². The highest BCUT2D eigenvalue weighted by Gasteiger charge is 2.23. The fraction of sp³-hybridized carbons (Fsp3) is 0.312. The molecule has 106 valence electrons. The van der Waals surface area contributed by atoms with Crippen LogP contribution in [0.2, 0.25) is 0 Å². The zero-order valence-corrected chi connectivity index (χ0v) is 11.7. The van der Waals surface area contributed by atoms with Crippen LogP contribution in [-0.4, -0.2) is 16.6 Å². The van der Waals surface area contributed by atoms with Crippen LogP contribution in [0.1, 0.15) is 31.1 Å². The van der Waals surface area contributed by atoms with Gasteiger partial charge in [-0.2, -0.15) is 0 Å². The Morgan fingerprint density at radius 1 is 1.25 bits per heavy atom. The highest BCUT2D eigenvalue weighted by molar-refractivity contribution is 5.23. The van der Waals surface area contributed by atoms with E-state index in [1.807, 2.05) is 25.1 Å². The van der Waals surface area contributed by atoms with Crippen molar-refractivity contribution in [1.29, 1.82) is 0 Å². The molecule has 0 saturated carbocycles. The van der Waals surface area contributed by atoms with Crippen molar-refractivity contribution in [3.05, 3.63) is 65.7 Å². The van der Waals surface area contributed by atoms with E-state index >= 15 is 0 Å². The molecule has 2 unspecified atom stereocenters. The lowest BCUT2D eigenvalue weighted by atomic mass is 9.95. The summed E-state index contributed by atoms with van der Waals surface area (Å²) in [5, 5.41) is 13.7. The van der Waals surface area contributed by atoms with Gasteiger partial charge in [0.05, 0.1) is 11.3 Å². The van der Waals surface area contributed by atoms with E-state index in [1.165, 1.54) is 12.1 Å². The molecule has 0 radical (unpaired) electrons. The van der Waals surface area contributed by atoms with Gasteiger partial charge in [-0.3, -0.25) is 4.98 Å². The van der Waals surface area contributed by atoms with Crippen LogP contribution in [0.4, 0.5) is 4.39 Å². The van der Waals surface area contributed by atoms with Gasteiger partial charge in [0.15, 0.2) is 0 Å². The summed E-state index contributed by atoms with van der Waals surface area (Å²) in [4.78, 5) is 4.27. The molecular formula is C16H19FN2O. The number of pyridine rings is 1. The molecule has 0 aliphatic rings. The molecule has 3 nitrogen and oxygen atoms in total. The third-order valence-electron chi connectivity index (χ3n) is 3.35. The van der Waals surface area contributed by atoms with Crippen molar-refractivity contribution >= 4 is 0 Å². The van der Waals surface area contributed by atoms with Gasteiger partial charge in [-0.15, -0.1) is 0 Å². The smallest absolute Gasteiger partial charge is 0.123 e. The minimum absolute atomic E-state index is 0.0307. The molecule has 0 bridgehead atoms. The first-order valence-electron chi connectivity index (χ1n) is 6.62. The van der Waals surface area contributed by atoms with Gasteiger partial charge in [-0.25, -0.2) is 4.39 Å². The predicted molar refractivity (Wildman–Crippen MR) is 76.6 cm³/mol. The van der Waals surface area contributed by atoms with Crippen LogP contribution in [0, 0.1) is 5.82 Å². The van der Waals surface area contributed by atoms with E-state index in [1.54, 1.807) is 25.3 Å². The van der Waals surface area contributed by atoms with Crippen LogP contribution in [0.25, 0.3) is 0 Å². The molecule has 4 heteroatoms. The lowest BCUT2D eigenvalue weighted by molar-refractivity contribution is 0.0542. The third-order valence-corrected chi connectivity index (χ3v) is 3.35. The molecule has 2 aromatic rings. The molecule has 0 aliphatic carbocycles. The fourth-order valence-corrected chi connectivity index (χ4v) is 2.00. The van der Waals surface area contributed by atoms with Crippen molar-refractivity contribution in [3.63, 3.8) is 0 Å². The second-order valence-corrected chi connectivity index (χ2v) is 5.14. The Labute approximate surface area is 118 Å². The minimum Gasteiger partial charge on any atom is -0.384 e.